The van der Waals surface area contributed by atoms with Crippen LogP contribution >= 0.6 is 0 Å². The van der Waals surface area contributed by atoms with Crippen LogP contribution in [0.1, 0.15) is 24.1 Å². The van der Waals surface area contributed by atoms with Crippen molar-refractivity contribution in [3.8, 4) is 5.88 Å². The van der Waals surface area contributed by atoms with Gasteiger partial charge in [-0.2, -0.15) is 9.61 Å². The monoisotopic (exact) mass is 404 g/mol. The summed E-state index contributed by atoms with van der Waals surface area (Å²) in [6, 6.07) is 9.96. The average molecular weight is 404 g/mol. The molecule has 0 aliphatic heterocycles. The molecule has 10 heteroatoms. The molecule has 0 saturated heterocycles. The van der Waals surface area contributed by atoms with Gasteiger partial charge in [0.05, 0.1) is 12.2 Å². The van der Waals surface area contributed by atoms with E-state index in [4.69, 9.17) is 10.7 Å². The Hall–Kier alpha value is -3.92. The average Bonchev–Trinajstić information content (AvgIpc) is 3.37. The summed E-state index contributed by atoms with van der Waals surface area (Å²) in [6.45, 7) is 0.484. The normalized spacial score (nSPS) is 15.2. The lowest BCUT2D eigenvalue weighted by atomic mass is 10.2. The maximum Gasteiger partial charge on any atom is 0.326 e. The number of aromatic hydroxyl groups is 1. The lowest BCUT2D eigenvalue weighted by Crippen LogP contribution is -2.19. The van der Waals surface area contributed by atoms with Gasteiger partial charge in [0.25, 0.3) is 0 Å². The maximum absolute atomic E-state index is 11.4. The first-order valence-corrected chi connectivity index (χ1v) is 9.61. The summed E-state index contributed by atoms with van der Waals surface area (Å²) in [5.41, 5.74) is 8.60. The summed E-state index contributed by atoms with van der Waals surface area (Å²) in [7, 11) is 0. The number of hydrogen-bond acceptors (Lipinski definition) is 7. The van der Waals surface area contributed by atoms with Crippen LogP contribution in [0.4, 0.5) is 11.5 Å². The summed E-state index contributed by atoms with van der Waals surface area (Å²) in [5.74, 6) is 0.376. The highest BCUT2D eigenvalue weighted by molar-refractivity contribution is 5.61. The number of nitrogens with two attached hydrogens (primary N) is 1. The third-order valence-corrected chi connectivity index (χ3v) is 4.84. The molecule has 0 bridgehead atoms. The van der Waals surface area contributed by atoms with Gasteiger partial charge in [-0.15, -0.1) is 0 Å². The Balaban J connectivity index is 1.64. The highest BCUT2D eigenvalue weighted by Gasteiger charge is 2.20. The van der Waals surface area contributed by atoms with Crippen molar-refractivity contribution in [1.82, 2.24) is 24.6 Å². The van der Waals surface area contributed by atoms with Crippen molar-refractivity contribution in [1.29, 1.82) is 0 Å². The Morgan fingerprint density at radius 3 is 2.77 bits per heavy atom. The number of H-pyrrole nitrogens is 2. The number of aromatic amines is 2. The zero-order valence-electron chi connectivity index (χ0n) is 16.0. The Morgan fingerprint density at radius 1 is 1.30 bits per heavy atom. The van der Waals surface area contributed by atoms with Gasteiger partial charge >= 0.3 is 5.69 Å². The van der Waals surface area contributed by atoms with Crippen LogP contribution < -0.4 is 27.4 Å². The first-order valence-electron chi connectivity index (χ1n) is 9.61. The summed E-state index contributed by atoms with van der Waals surface area (Å²) in [5, 5.41) is 18.2. The van der Waals surface area contributed by atoms with Crippen molar-refractivity contribution in [2.45, 2.75) is 25.4 Å². The van der Waals surface area contributed by atoms with Gasteiger partial charge in [0.2, 0.25) is 5.88 Å². The molecule has 0 amide bonds. The van der Waals surface area contributed by atoms with Crippen LogP contribution in [0.5, 0.6) is 5.88 Å². The summed E-state index contributed by atoms with van der Waals surface area (Å²) in [4.78, 5) is 25.7. The van der Waals surface area contributed by atoms with Crippen molar-refractivity contribution >= 4 is 23.2 Å². The number of fused-ring (bicyclic) bond motifs is 1. The quantitative estimate of drug-likeness (QED) is 0.322. The molecule has 1 saturated carbocycles. The van der Waals surface area contributed by atoms with Crippen LogP contribution in [0.3, 0.4) is 0 Å². The molecule has 10 nitrogen and oxygen atoms in total. The summed E-state index contributed by atoms with van der Waals surface area (Å²) >= 11 is 0. The van der Waals surface area contributed by atoms with Crippen molar-refractivity contribution in [3.05, 3.63) is 69.0 Å². The molecule has 0 spiro atoms. The molecule has 4 aromatic rings. The largest absolute Gasteiger partial charge is 0.493 e. The van der Waals surface area contributed by atoms with E-state index < -0.39 is 5.69 Å². The number of benzene rings is 1. The zero-order valence-corrected chi connectivity index (χ0v) is 16.0. The zero-order chi connectivity index (χ0) is 20.7. The topological polar surface area (TPSA) is 149 Å². The van der Waals surface area contributed by atoms with Crippen LogP contribution in [0.25, 0.3) is 11.7 Å². The smallest absolute Gasteiger partial charge is 0.326 e. The first-order chi connectivity index (χ1) is 14.6. The fourth-order valence-corrected chi connectivity index (χ4v) is 3.13. The van der Waals surface area contributed by atoms with E-state index >= 15 is 0 Å². The van der Waals surface area contributed by atoms with E-state index in [-0.39, 0.29) is 11.6 Å². The minimum Gasteiger partial charge on any atom is -0.493 e. The van der Waals surface area contributed by atoms with E-state index in [2.05, 4.69) is 25.4 Å². The molecule has 0 unspecified atom stereocenters. The van der Waals surface area contributed by atoms with Crippen molar-refractivity contribution in [3.63, 3.8) is 0 Å². The Bertz CT molecular complexity index is 1390. The SMILES string of the molecule is NCc1ccc(Nc2cc(=NC3CC3)n3nc/c(=C\c4[nH]c(=O)[nH]c4O)c3n2)cc1. The molecule has 0 radical (unpaired) electrons. The molecule has 1 aliphatic rings. The van der Waals surface area contributed by atoms with Crippen LogP contribution in [0, 0.1) is 0 Å². The van der Waals surface area contributed by atoms with E-state index in [9.17, 15) is 9.90 Å². The number of anilines is 2. The lowest BCUT2D eigenvalue weighted by Gasteiger charge is -2.07. The van der Waals surface area contributed by atoms with E-state index in [1.165, 1.54) is 0 Å². The molecule has 6 N–H and O–H groups in total. The standard InChI is InChI=1S/C20H20N8O2/c21-9-11-1-3-13(4-2-11)23-16-8-17(24-14-5-6-14)28-18(26-16)12(10-22-28)7-15-19(29)27-20(30)25-15/h1-4,7-8,10,14,23,29H,5-6,9,21H2,(H2,25,27,30)/b12-7+,24-17?. The van der Waals surface area contributed by atoms with Crippen molar-refractivity contribution in [2.75, 3.05) is 5.32 Å². The van der Waals surface area contributed by atoms with E-state index in [1.807, 2.05) is 30.3 Å². The van der Waals surface area contributed by atoms with E-state index in [0.717, 1.165) is 24.1 Å². The Morgan fingerprint density at radius 2 is 2.10 bits per heavy atom. The first kappa shape index (κ1) is 18.1. The van der Waals surface area contributed by atoms with Gasteiger partial charge in [-0.25, -0.2) is 9.78 Å². The van der Waals surface area contributed by atoms with Crippen LogP contribution in [-0.2, 0) is 6.54 Å². The molecular formula is C20H20N8O2. The van der Waals surface area contributed by atoms with Gasteiger partial charge in [0, 0.05) is 23.5 Å². The highest BCUT2D eigenvalue weighted by atomic mass is 16.3. The second kappa shape index (κ2) is 7.16. The number of hydrogen-bond donors (Lipinski definition) is 5. The summed E-state index contributed by atoms with van der Waals surface area (Å²) in [6.07, 6.45) is 5.36. The van der Waals surface area contributed by atoms with Crippen LogP contribution in [0.15, 0.2) is 46.3 Å². The number of imidazole rings is 1. The molecule has 1 aromatic carbocycles. The molecular weight excluding hydrogens is 384 g/mol. The molecule has 30 heavy (non-hydrogen) atoms. The number of nitrogens with zero attached hydrogens (tertiary/aromatic N) is 4. The van der Waals surface area contributed by atoms with Gasteiger partial charge in [-0.1, -0.05) is 12.1 Å². The molecule has 1 fully saturated rings. The van der Waals surface area contributed by atoms with E-state index in [1.54, 1.807) is 16.8 Å². The fourth-order valence-electron chi connectivity index (χ4n) is 3.13. The molecule has 5 rings (SSSR count). The van der Waals surface area contributed by atoms with Gasteiger partial charge in [0.1, 0.15) is 11.5 Å². The molecule has 3 aromatic heterocycles. The molecule has 152 valence electrons. The van der Waals surface area contributed by atoms with Crippen LogP contribution in [0.2, 0.25) is 0 Å². The molecule has 3 heterocycles. The van der Waals surface area contributed by atoms with Gasteiger partial charge in [-0.3, -0.25) is 9.98 Å². The second-order valence-electron chi connectivity index (χ2n) is 7.21. The van der Waals surface area contributed by atoms with Crippen molar-refractivity contribution in [2.24, 2.45) is 10.7 Å². The highest BCUT2D eigenvalue weighted by Crippen LogP contribution is 2.22. The van der Waals surface area contributed by atoms with Gasteiger partial charge in [0.15, 0.2) is 11.1 Å². The third kappa shape index (κ3) is 3.55. The fraction of sp³-hybridized carbons (Fsp3) is 0.200. The predicted molar refractivity (Wildman–Crippen MR) is 111 cm³/mol. The minimum atomic E-state index is -0.490. The van der Waals surface area contributed by atoms with Gasteiger partial charge < -0.3 is 21.1 Å². The number of nitrogens with one attached hydrogen (secondary N) is 3. The summed E-state index contributed by atoms with van der Waals surface area (Å²) < 4.78 is 1.66. The lowest BCUT2D eigenvalue weighted by molar-refractivity contribution is 0.454. The van der Waals surface area contributed by atoms with E-state index in [0.29, 0.717) is 34.8 Å². The van der Waals surface area contributed by atoms with Crippen molar-refractivity contribution < 1.29 is 5.11 Å². The Kier molecular flexibility index (Phi) is 4.32. The predicted octanol–water partition coefficient (Wildman–Crippen LogP) is 0.264. The molecule has 0 atom stereocenters. The number of aromatic nitrogens is 5. The minimum absolute atomic E-state index is 0.239. The number of rotatable bonds is 5. The molecule has 1 aliphatic carbocycles. The Labute approximate surface area is 169 Å². The van der Waals surface area contributed by atoms with Crippen LogP contribution in [-0.4, -0.2) is 35.7 Å². The third-order valence-electron chi connectivity index (χ3n) is 4.84. The van der Waals surface area contributed by atoms with Gasteiger partial charge in [-0.05, 0) is 36.6 Å². The maximum atomic E-state index is 11.4. The second-order valence-corrected chi connectivity index (χ2v) is 7.21.